The first-order valence-corrected chi connectivity index (χ1v) is 7.96. The van der Waals surface area contributed by atoms with E-state index in [0.29, 0.717) is 12.4 Å². The number of imidazole rings is 1. The van der Waals surface area contributed by atoms with Crippen LogP contribution in [0.2, 0.25) is 0 Å². The van der Waals surface area contributed by atoms with E-state index >= 15 is 0 Å². The van der Waals surface area contributed by atoms with Gasteiger partial charge >= 0.3 is 6.09 Å². The van der Waals surface area contributed by atoms with Crippen LogP contribution in [0.5, 0.6) is 5.75 Å². The third kappa shape index (κ3) is 3.56. The van der Waals surface area contributed by atoms with Gasteiger partial charge < -0.3 is 9.47 Å². The SMILES string of the molecule is CC(C)COC(=O)n1c(COc2ccccc2)nc2ccccc21. The highest BCUT2D eigenvalue weighted by molar-refractivity contribution is 5.87. The van der Waals surface area contributed by atoms with Crippen molar-refractivity contribution in [2.24, 2.45) is 5.92 Å². The number of carbonyl (C=O) groups excluding carboxylic acids is 1. The lowest BCUT2D eigenvalue weighted by Gasteiger charge is -2.11. The topological polar surface area (TPSA) is 53.4 Å². The second-order valence-electron chi connectivity index (χ2n) is 5.92. The van der Waals surface area contributed by atoms with Crippen LogP contribution in [-0.4, -0.2) is 22.3 Å². The van der Waals surface area contributed by atoms with E-state index in [0.717, 1.165) is 16.8 Å². The molecule has 0 spiro atoms. The van der Waals surface area contributed by atoms with E-state index in [1.54, 1.807) is 0 Å². The predicted octanol–water partition coefficient (Wildman–Crippen LogP) is 4.26. The Labute approximate surface area is 140 Å². The van der Waals surface area contributed by atoms with Gasteiger partial charge in [0, 0.05) is 0 Å². The summed E-state index contributed by atoms with van der Waals surface area (Å²) in [6.45, 7) is 4.55. The zero-order chi connectivity index (χ0) is 16.9. The second-order valence-corrected chi connectivity index (χ2v) is 5.92. The van der Waals surface area contributed by atoms with Crippen molar-refractivity contribution >= 4 is 17.1 Å². The van der Waals surface area contributed by atoms with E-state index in [4.69, 9.17) is 9.47 Å². The van der Waals surface area contributed by atoms with Crippen molar-refractivity contribution in [2.45, 2.75) is 20.5 Å². The number of fused-ring (bicyclic) bond motifs is 1. The number of hydrogen-bond donors (Lipinski definition) is 0. The molecular weight excluding hydrogens is 304 g/mol. The molecule has 0 aliphatic heterocycles. The molecule has 5 heteroatoms. The van der Waals surface area contributed by atoms with Crippen molar-refractivity contribution in [2.75, 3.05) is 6.61 Å². The summed E-state index contributed by atoms with van der Waals surface area (Å²) in [7, 11) is 0. The van der Waals surface area contributed by atoms with Crippen molar-refractivity contribution in [3.8, 4) is 5.75 Å². The molecule has 0 aliphatic carbocycles. The van der Waals surface area contributed by atoms with E-state index in [9.17, 15) is 4.79 Å². The Morgan fingerprint density at radius 1 is 1.08 bits per heavy atom. The quantitative estimate of drug-likeness (QED) is 0.704. The van der Waals surface area contributed by atoms with E-state index in [1.165, 1.54) is 4.57 Å². The average Bonchev–Trinajstić information content (AvgIpc) is 2.97. The van der Waals surface area contributed by atoms with E-state index < -0.39 is 6.09 Å². The minimum Gasteiger partial charge on any atom is -0.486 e. The zero-order valence-electron chi connectivity index (χ0n) is 13.8. The number of benzene rings is 2. The largest absolute Gasteiger partial charge is 0.486 e. The first-order valence-electron chi connectivity index (χ1n) is 7.96. The summed E-state index contributed by atoms with van der Waals surface area (Å²) in [6.07, 6.45) is -0.427. The third-order valence-corrected chi connectivity index (χ3v) is 3.46. The lowest BCUT2D eigenvalue weighted by molar-refractivity contribution is 0.133. The van der Waals surface area contributed by atoms with Gasteiger partial charge in [-0.1, -0.05) is 44.2 Å². The summed E-state index contributed by atoms with van der Waals surface area (Å²) in [5.74, 6) is 1.52. The van der Waals surface area contributed by atoms with Gasteiger partial charge in [0.1, 0.15) is 12.4 Å². The Morgan fingerprint density at radius 3 is 2.54 bits per heavy atom. The van der Waals surface area contributed by atoms with Crippen LogP contribution in [0.3, 0.4) is 0 Å². The fraction of sp³-hybridized carbons (Fsp3) is 0.263. The Hall–Kier alpha value is -2.82. The smallest absolute Gasteiger partial charge is 0.420 e. The van der Waals surface area contributed by atoms with Gasteiger partial charge in [-0.05, 0) is 30.2 Å². The number of hydrogen-bond acceptors (Lipinski definition) is 4. The van der Waals surface area contributed by atoms with Crippen molar-refractivity contribution in [1.82, 2.24) is 9.55 Å². The van der Waals surface area contributed by atoms with Crippen LogP contribution in [0.15, 0.2) is 54.6 Å². The Balaban J connectivity index is 1.88. The standard InChI is InChI=1S/C19H20N2O3/c1-14(2)12-24-19(22)21-17-11-7-6-10-16(17)20-18(21)13-23-15-8-4-3-5-9-15/h3-11,14H,12-13H2,1-2H3. The van der Waals surface area contributed by atoms with Crippen LogP contribution in [-0.2, 0) is 11.3 Å². The maximum Gasteiger partial charge on any atom is 0.420 e. The number of rotatable bonds is 5. The summed E-state index contributed by atoms with van der Waals surface area (Å²) in [6, 6.07) is 16.9. The van der Waals surface area contributed by atoms with Gasteiger partial charge in [-0.25, -0.2) is 14.3 Å². The molecule has 0 aliphatic rings. The summed E-state index contributed by atoms with van der Waals surface area (Å²) in [4.78, 5) is 17.0. The molecule has 0 unspecified atom stereocenters. The molecule has 0 radical (unpaired) electrons. The van der Waals surface area contributed by atoms with E-state index in [-0.39, 0.29) is 12.5 Å². The lowest BCUT2D eigenvalue weighted by atomic mass is 10.2. The van der Waals surface area contributed by atoms with Gasteiger partial charge in [-0.3, -0.25) is 0 Å². The van der Waals surface area contributed by atoms with E-state index in [1.807, 2.05) is 68.4 Å². The van der Waals surface area contributed by atoms with Crippen LogP contribution in [0.25, 0.3) is 11.0 Å². The van der Waals surface area contributed by atoms with Crippen molar-refractivity contribution in [1.29, 1.82) is 0 Å². The number of ether oxygens (including phenoxy) is 2. The molecule has 0 atom stereocenters. The number of aromatic nitrogens is 2. The van der Waals surface area contributed by atoms with Crippen molar-refractivity contribution in [3.05, 3.63) is 60.4 Å². The lowest BCUT2D eigenvalue weighted by Crippen LogP contribution is -2.19. The Bertz CT molecular complexity index is 825. The van der Waals surface area contributed by atoms with Gasteiger partial charge in [0.05, 0.1) is 17.6 Å². The number of nitrogens with zero attached hydrogens (tertiary/aromatic N) is 2. The molecule has 24 heavy (non-hydrogen) atoms. The molecule has 3 rings (SSSR count). The van der Waals surface area contributed by atoms with Gasteiger partial charge in [-0.2, -0.15) is 0 Å². The number of para-hydroxylation sites is 3. The summed E-state index contributed by atoms with van der Waals surface area (Å²) in [5, 5.41) is 0. The highest BCUT2D eigenvalue weighted by atomic mass is 16.5. The maximum absolute atomic E-state index is 12.5. The molecule has 124 valence electrons. The van der Waals surface area contributed by atoms with Gasteiger partial charge in [0.2, 0.25) is 0 Å². The summed E-state index contributed by atoms with van der Waals surface area (Å²) >= 11 is 0. The molecule has 3 aromatic rings. The molecule has 0 N–H and O–H groups in total. The molecule has 5 nitrogen and oxygen atoms in total. The highest BCUT2D eigenvalue weighted by Gasteiger charge is 2.18. The predicted molar refractivity (Wildman–Crippen MR) is 92.1 cm³/mol. The first-order chi connectivity index (χ1) is 11.6. The minimum absolute atomic E-state index is 0.190. The van der Waals surface area contributed by atoms with Gasteiger partial charge in [-0.15, -0.1) is 0 Å². The third-order valence-electron chi connectivity index (χ3n) is 3.46. The van der Waals surface area contributed by atoms with Crippen LogP contribution in [0, 0.1) is 5.92 Å². The molecule has 0 saturated carbocycles. The fourth-order valence-corrected chi connectivity index (χ4v) is 2.34. The van der Waals surface area contributed by atoms with Crippen LogP contribution in [0.1, 0.15) is 19.7 Å². The number of carbonyl (C=O) groups is 1. The molecule has 0 saturated heterocycles. The van der Waals surface area contributed by atoms with Crippen LogP contribution in [0.4, 0.5) is 4.79 Å². The van der Waals surface area contributed by atoms with Crippen LogP contribution < -0.4 is 4.74 Å². The Kier molecular flexibility index (Phi) is 4.79. The maximum atomic E-state index is 12.5. The Morgan fingerprint density at radius 2 is 1.79 bits per heavy atom. The molecular formula is C19H20N2O3. The van der Waals surface area contributed by atoms with Crippen molar-refractivity contribution in [3.63, 3.8) is 0 Å². The summed E-state index contributed by atoms with van der Waals surface area (Å²) in [5.41, 5.74) is 1.46. The highest BCUT2D eigenvalue weighted by Crippen LogP contribution is 2.19. The fourth-order valence-electron chi connectivity index (χ4n) is 2.34. The molecule has 0 amide bonds. The average molecular weight is 324 g/mol. The molecule has 1 heterocycles. The zero-order valence-corrected chi connectivity index (χ0v) is 13.8. The van der Waals surface area contributed by atoms with Gasteiger partial charge in [0.15, 0.2) is 5.82 Å². The second kappa shape index (κ2) is 7.17. The van der Waals surface area contributed by atoms with E-state index in [2.05, 4.69) is 4.98 Å². The first kappa shape index (κ1) is 16.1. The molecule has 0 bridgehead atoms. The normalized spacial score (nSPS) is 11.0. The van der Waals surface area contributed by atoms with Crippen LogP contribution >= 0.6 is 0 Å². The molecule has 0 fully saturated rings. The van der Waals surface area contributed by atoms with Crippen molar-refractivity contribution < 1.29 is 14.3 Å². The van der Waals surface area contributed by atoms with Gasteiger partial charge in [0.25, 0.3) is 0 Å². The monoisotopic (exact) mass is 324 g/mol. The molecule has 2 aromatic carbocycles. The summed E-state index contributed by atoms with van der Waals surface area (Å²) < 4.78 is 12.6. The minimum atomic E-state index is -0.427. The molecule has 1 aromatic heterocycles.